The molecule has 0 N–H and O–H groups in total. The number of carbonyl (C=O) groups is 1. The molecule has 0 atom stereocenters. The maximum Gasteiger partial charge on any atom is 0.410 e. The number of halogens is 1. The van der Waals surface area contributed by atoms with Crippen molar-refractivity contribution in [3.8, 4) is 0 Å². The van der Waals surface area contributed by atoms with Crippen LogP contribution in [0.25, 0.3) is 0 Å². The first-order chi connectivity index (χ1) is 11.2. The van der Waals surface area contributed by atoms with Gasteiger partial charge in [-0.1, -0.05) is 15.9 Å². The van der Waals surface area contributed by atoms with E-state index >= 15 is 0 Å². The van der Waals surface area contributed by atoms with Gasteiger partial charge >= 0.3 is 6.09 Å². The van der Waals surface area contributed by atoms with E-state index in [9.17, 15) is 4.79 Å². The highest BCUT2D eigenvalue weighted by Crippen LogP contribution is 2.27. The minimum absolute atomic E-state index is 0.216. The first kappa shape index (κ1) is 19.1. The molecule has 2 rings (SSSR count). The molecule has 1 saturated heterocycles. The molecule has 1 aliphatic rings. The van der Waals surface area contributed by atoms with Gasteiger partial charge < -0.3 is 19.4 Å². The SMILES string of the molecule is CN(C)Cc1cc(Br)ccc1N1CCN(C(=O)OC(C)(C)C)CC1. The zero-order valence-corrected chi connectivity index (χ0v) is 16.9. The van der Waals surface area contributed by atoms with Gasteiger partial charge in [0.25, 0.3) is 0 Å². The lowest BCUT2D eigenvalue weighted by atomic mass is 10.1. The Morgan fingerprint density at radius 1 is 1.21 bits per heavy atom. The average molecular weight is 398 g/mol. The molecule has 1 amide bonds. The molecule has 6 heteroatoms. The van der Waals surface area contributed by atoms with E-state index in [1.165, 1.54) is 11.3 Å². The van der Waals surface area contributed by atoms with Crippen LogP contribution in [0.3, 0.4) is 0 Å². The molecule has 0 aliphatic carbocycles. The highest BCUT2D eigenvalue weighted by Gasteiger charge is 2.26. The lowest BCUT2D eigenvalue weighted by Crippen LogP contribution is -2.50. The average Bonchev–Trinajstić information content (AvgIpc) is 2.45. The Balaban J connectivity index is 2.03. The van der Waals surface area contributed by atoms with E-state index in [4.69, 9.17) is 4.74 Å². The van der Waals surface area contributed by atoms with Crippen LogP contribution in [0.4, 0.5) is 10.5 Å². The molecule has 1 aromatic rings. The summed E-state index contributed by atoms with van der Waals surface area (Å²) in [6.07, 6.45) is -0.216. The summed E-state index contributed by atoms with van der Waals surface area (Å²) in [6.45, 7) is 9.60. The Morgan fingerprint density at radius 2 is 1.83 bits per heavy atom. The summed E-state index contributed by atoms with van der Waals surface area (Å²) in [6, 6.07) is 6.41. The molecular weight excluding hydrogens is 370 g/mol. The fourth-order valence-electron chi connectivity index (χ4n) is 2.79. The van der Waals surface area contributed by atoms with Gasteiger partial charge in [0.2, 0.25) is 0 Å². The largest absolute Gasteiger partial charge is 0.444 e. The smallest absolute Gasteiger partial charge is 0.410 e. The Morgan fingerprint density at radius 3 is 2.38 bits per heavy atom. The molecule has 1 aromatic carbocycles. The van der Waals surface area contributed by atoms with Gasteiger partial charge in [-0.25, -0.2) is 4.79 Å². The predicted molar refractivity (Wildman–Crippen MR) is 102 cm³/mol. The van der Waals surface area contributed by atoms with E-state index in [2.05, 4.69) is 58.0 Å². The van der Waals surface area contributed by atoms with Crippen LogP contribution in [-0.2, 0) is 11.3 Å². The second-order valence-electron chi connectivity index (χ2n) is 7.47. The van der Waals surface area contributed by atoms with Gasteiger partial charge in [-0.2, -0.15) is 0 Å². The number of ether oxygens (including phenoxy) is 1. The van der Waals surface area contributed by atoms with E-state index in [1.807, 2.05) is 20.8 Å². The Hall–Kier alpha value is -1.27. The van der Waals surface area contributed by atoms with Crippen molar-refractivity contribution in [1.82, 2.24) is 9.80 Å². The lowest BCUT2D eigenvalue weighted by molar-refractivity contribution is 0.0240. The van der Waals surface area contributed by atoms with Gasteiger partial charge in [0, 0.05) is 42.9 Å². The van der Waals surface area contributed by atoms with Crippen LogP contribution in [-0.4, -0.2) is 61.8 Å². The van der Waals surface area contributed by atoms with Crippen molar-refractivity contribution in [2.75, 3.05) is 45.2 Å². The molecule has 1 aliphatic heterocycles. The minimum Gasteiger partial charge on any atom is -0.444 e. The van der Waals surface area contributed by atoms with Crippen LogP contribution in [0, 0.1) is 0 Å². The number of benzene rings is 1. The first-order valence-corrected chi connectivity index (χ1v) is 9.11. The third-order valence-electron chi connectivity index (χ3n) is 3.80. The van der Waals surface area contributed by atoms with Crippen molar-refractivity contribution in [1.29, 1.82) is 0 Å². The van der Waals surface area contributed by atoms with E-state index in [1.54, 1.807) is 4.90 Å². The Labute approximate surface area is 153 Å². The number of nitrogens with zero attached hydrogens (tertiary/aromatic N) is 3. The summed E-state index contributed by atoms with van der Waals surface area (Å²) in [5, 5.41) is 0. The molecule has 134 valence electrons. The summed E-state index contributed by atoms with van der Waals surface area (Å²) in [5.74, 6) is 0. The number of amides is 1. The number of piperazine rings is 1. The van der Waals surface area contributed by atoms with Crippen molar-refractivity contribution < 1.29 is 9.53 Å². The standard InChI is InChI=1S/C18H28BrN3O2/c1-18(2,3)24-17(23)22-10-8-21(9-11-22)16-7-6-15(19)12-14(16)13-20(4)5/h6-7,12H,8-11,13H2,1-5H3. The number of carbonyl (C=O) groups excluding carboxylic acids is 1. The van der Waals surface area contributed by atoms with E-state index in [-0.39, 0.29) is 6.09 Å². The topological polar surface area (TPSA) is 36.0 Å². The fraction of sp³-hybridized carbons (Fsp3) is 0.611. The molecule has 0 bridgehead atoms. The second-order valence-corrected chi connectivity index (χ2v) is 8.38. The third kappa shape index (κ3) is 5.38. The maximum absolute atomic E-state index is 12.2. The number of hydrogen-bond donors (Lipinski definition) is 0. The number of hydrogen-bond acceptors (Lipinski definition) is 4. The number of anilines is 1. The molecule has 0 saturated carbocycles. The highest BCUT2D eigenvalue weighted by molar-refractivity contribution is 9.10. The molecule has 0 spiro atoms. The molecular formula is C18H28BrN3O2. The van der Waals surface area contributed by atoms with Crippen LogP contribution >= 0.6 is 15.9 Å². The summed E-state index contributed by atoms with van der Waals surface area (Å²) in [4.78, 5) is 18.5. The third-order valence-corrected chi connectivity index (χ3v) is 4.29. The van der Waals surface area contributed by atoms with Crippen molar-refractivity contribution >= 4 is 27.7 Å². The first-order valence-electron chi connectivity index (χ1n) is 8.32. The van der Waals surface area contributed by atoms with Crippen LogP contribution in [0.15, 0.2) is 22.7 Å². The lowest BCUT2D eigenvalue weighted by Gasteiger charge is -2.37. The molecule has 0 aromatic heterocycles. The van der Waals surface area contributed by atoms with Crippen LogP contribution in [0.2, 0.25) is 0 Å². The summed E-state index contributed by atoms with van der Waals surface area (Å²) in [5.41, 5.74) is 2.09. The molecule has 1 heterocycles. The maximum atomic E-state index is 12.2. The second kappa shape index (κ2) is 7.74. The van der Waals surface area contributed by atoms with E-state index < -0.39 is 5.60 Å². The van der Waals surface area contributed by atoms with Crippen molar-refractivity contribution in [3.05, 3.63) is 28.2 Å². The van der Waals surface area contributed by atoms with Crippen LogP contribution in [0.1, 0.15) is 26.3 Å². The highest BCUT2D eigenvalue weighted by atomic mass is 79.9. The monoisotopic (exact) mass is 397 g/mol. The summed E-state index contributed by atoms with van der Waals surface area (Å²) >= 11 is 3.56. The van der Waals surface area contributed by atoms with Crippen molar-refractivity contribution in [2.24, 2.45) is 0 Å². The van der Waals surface area contributed by atoms with Gasteiger partial charge in [-0.15, -0.1) is 0 Å². The van der Waals surface area contributed by atoms with Crippen molar-refractivity contribution in [3.63, 3.8) is 0 Å². The minimum atomic E-state index is -0.446. The quantitative estimate of drug-likeness (QED) is 0.780. The zero-order valence-electron chi connectivity index (χ0n) is 15.3. The molecule has 5 nitrogen and oxygen atoms in total. The van der Waals surface area contributed by atoms with Gasteiger partial charge in [0.05, 0.1) is 0 Å². The van der Waals surface area contributed by atoms with Crippen LogP contribution in [0.5, 0.6) is 0 Å². The summed E-state index contributed by atoms with van der Waals surface area (Å²) in [7, 11) is 4.15. The molecule has 0 radical (unpaired) electrons. The predicted octanol–water partition coefficient (Wildman–Crippen LogP) is 3.57. The zero-order chi connectivity index (χ0) is 17.9. The Kier molecular flexibility index (Phi) is 6.15. The summed E-state index contributed by atoms with van der Waals surface area (Å²) < 4.78 is 6.56. The molecule has 24 heavy (non-hydrogen) atoms. The van der Waals surface area contributed by atoms with E-state index in [0.717, 1.165) is 24.1 Å². The van der Waals surface area contributed by atoms with Gasteiger partial charge in [0.15, 0.2) is 0 Å². The Bertz CT molecular complexity index is 576. The normalized spacial score (nSPS) is 15.8. The molecule has 1 fully saturated rings. The fourth-order valence-corrected chi connectivity index (χ4v) is 3.19. The molecule has 0 unspecified atom stereocenters. The number of rotatable bonds is 3. The van der Waals surface area contributed by atoms with Gasteiger partial charge in [0.1, 0.15) is 5.60 Å². The van der Waals surface area contributed by atoms with Crippen molar-refractivity contribution in [2.45, 2.75) is 32.9 Å². The van der Waals surface area contributed by atoms with Gasteiger partial charge in [-0.3, -0.25) is 0 Å². The van der Waals surface area contributed by atoms with Crippen LogP contribution < -0.4 is 4.90 Å². The van der Waals surface area contributed by atoms with Gasteiger partial charge in [-0.05, 0) is 58.6 Å². The van der Waals surface area contributed by atoms with E-state index in [0.29, 0.717) is 13.1 Å².